The maximum atomic E-state index is 14.1. The van der Waals surface area contributed by atoms with Gasteiger partial charge in [-0.05, 0) is 40.8 Å². The van der Waals surface area contributed by atoms with Gasteiger partial charge < -0.3 is 5.41 Å². The number of hydrogen-bond donors (Lipinski definition) is 1. The Hall–Kier alpha value is -4.67. The van der Waals surface area contributed by atoms with Crippen molar-refractivity contribution < 1.29 is 4.79 Å². The molecule has 1 heterocycles. The summed E-state index contributed by atoms with van der Waals surface area (Å²) < 4.78 is 0. The first kappa shape index (κ1) is 27.9. The van der Waals surface area contributed by atoms with E-state index in [1.807, 2.05) is 84.9 Å². The maximum absolute atomic E-state index is 14.1. The van der Waals surface area contributed by atoms with E-state index in [1.165, 1.54) is 0 Å². The molecule has 0 amide bonds. The molecule has 0 aliphatic rings. The molecule has 4 nitrogen and oxygen atoms in total. The molecule has 0 spiro atoms. The zero-order valence-electron chi connectivity index (χ0n) is 23.2. The van der Waals surface area contributed by atoms with Crippen molar-refractivity contribution in [1.29, 1.82) is 5.41 Å². The molecule has 41 heavy (non-hydrogen) atoms. The van der Waals surface area contributed by atoms with Gasteiger partial charge in [0, 0.05) is 43.4 Å². The molecule has 204 valence electrons. The smallest absolute Gasteiger partial charge is 0.155 e. The van der Waals surface area contributed by atoms with Crippen molar-refractivity contribution in [2.24, 2.45) is 0 Å². The van der Waals surface area contributed by atoms with Crippen molar-refractivity contribution in [2.45, 2.75) is 38.4 Å². The molecule has 0 saturated carbocycles. The van der Waals surface area contributed by atoms with E-state index in [0.29, 0.717) is 31.6 Å². The third kappa shape index (κ3) is 8.17. The Morgan fingerprint density at radius 3 is 1.71 bits per heavy atom. The number of Topliss-reactive ketones (excluding diaryl/α,β-unsaturated/α-hetero) is 1. The van der Waals surface area contributed by atoms with Gasteiger partial charge in [-0.1, -0.05) is 121 Å². The fraction of sp³-hybridized carbons (Fsp3) is 0.162. The van der Waals surface area contributed by atoms with E-state index in [1.54, 1.807) is 6.20 Å². The molecular weight excluding hydrogens is 502 g/mol. The second-order valence-corrected chi connectivity index (χ2v) is 10.4. The summed E-state index contributed by atoms with van der Waals surface area (Å²) in [5.41, 5.74) is 6.87. The highest BCUT2D eigenvalue weighted by atomic mass is 16.1. The Morgan fingerprint density at radius 1 is 0.634 bits per heavy atom. The van der Waals surface area contributed by atoms with Crippen molar-refractivity contribution in [1.82, 2.24) is 9.88 Å². The van der Waals surface area contributed by atoms with E-state index in [9.17, 15) is 4.79 Å². The molecule has 0 aliphatic heterocycles. The summed E-state index contributed by atoms with van der Waals surface area (Å²) in [4.78, 5) is 20.8. The van der Waals surface area contributed by atoms with Crippen LogP contribution in [0.15, 0.2) is 140 Å². The number of nitrogens with zero attached hydrogens (tertiary/aromatic N) is 2. The van der Waals surface area contributed by atoms with Gasteiger partial charge in [-0.25, -0.2) is 0 Å². The molecule has 0 fully saturated rings. The average molecular weight is 538 g/mol. The predicted octanol–water partition coefficient (Wildman–Crippen LogP) is 7.58. The molecule has 0 aliphatic carbocycles. The molecule has 1 N–H and O–H groups in total. The van der Waals surface area contributed by atoms with Gasteiger partial charge in [-0.3, -0.25) is 14.7 Å². The number of ketones is 1. The van der Waals surface area contributed by atoms with Crippen molar-refractivity contribution in [3.63, 3.8) is 0 Å². The Morgan fingerprint density at radius 2 is 1.17 bits per heavy atom. The lowest BCUT2D eigenvalue weighted by Crippen LogP contribution is -2.42. The van der Waals surface area contributed by atoms with Crippen LogP contribution in [0.2, 0.25) is 0 Å². The van der Waals surface area contributed by atoms with Gasteiger partial charge >= 0.3 is 0 Å². The fourth-order valence-electron chi connectivity index (χ4n) is 5.16. The topological polar surface area (TPSA) is 57.1 Å². The zero-order chi connectivity index (χ0) is 28.3. The summed E-state index contributed by atoms with van der Waals surface area (Å²) in [7, 11) is 0. The predicted molar refractivity (Wildman–Crippen MR) is 167 cm³/mol. The third-order valence-electron chi connectivity index (χ3n) is 7.26. The van der Waals surface area contributed by atoms with Crippen LogP contribution >= 0.6 is 0 Å². The molecule has 0 saturated heterocycles. The summed E-state index contributed by atoms with van der Waals surface area (Å²) >= 11 is 0. The van der Waals surface area contributed by atoms with Crippen LogP contribution in [0.5, 0.6) is 0 Å². The largest absolute Gasteiger partial charge is 0.309 e. The molecule has 1 aromatic heterocycles. The highest BCUT2D eigenvalue weighted by molar-refractivity contribution is 6.03. The van der Waals surface area contributed by atoms with E-state index in [-0.39, 0.29) is 18.2 Å². The highest BCUT2D eigenvalue weighted by Gasteiger charge is 2.27. The van der Waals surface area contributed by atoms with Gasteiger partial charge in [-0.2, -0.15) is 0 Å². The van der Waals surface area contributed by atoms with Gasteiger partial charge in [-0.15, -0.1) is 0 Å². The SMILES string of the molecule is N=C(CC(=O)[C@H](Cc1ccc(-c2ccccn2)cc1)N(Cc1ccccc1)Cc1ccccc1)Cc1ccccc1. The van der Waals surface area contributed by atoms with Crippen LogP contribution in [0, 0.1) is 5.41 Å². The van der Waals surface area contributed by atoms with Crippen LogP contribution in [0.3, 0.4) is 0 Å². The Labute approximate surface area is 242 Å². The number of rotatable bonds is 13. The first-order valence-corrected chi connectivity index (χ1v) is 14.1. The van der Waals surface area contributed by atoms with Crippen LogP contribution in [0.25, 0.3) is 11.3 Å². The van der Waals surface area contributed by atoms with Gasteiger partial charge in [0.05, 0.1) is 11.7 Å². The number of nitrogens with one attached hydrogen (secondary N) is 1. The number of benzene rings is 4. The van der Waals surface area contributed by atoms with Crippen LogP contribution in [0.4, 0.5) is 0 Å². The molecule has 1 atom stereocenters. The summed E-state index contributed by atoms with van der Waals surface area (Å²) in [6.07, 6.45) is 2.98. The highest BCUT2D eigenvalue weighted by Crippen LogP contribution is 2.22. The Balaban J connectivity index is 1.42. The number of carbonyl (C=O) groups excluding carboxylic acids is 1. The lowest BCUT2D eigenvalue weighted by molar-refractivity contribution is -0.123. The zero-order valence-corrected chi connectivity index (χ0v) is 23.2. The second kappa shape index (κ2) is 14.1. The number of pyridine rings is 1. The lowest BCUT2D eigenvalue weighted by atomic mass is 9.94. The Kier molecular flexibility index (Phi) is 9.59. The normalized spacial score (nSPS) is 11.7. The molecule has 4 aromatic carbocycles. The van der Waals surface area contributed by atoms with Crippen molar-refractivity contribution in [3.05, 3.63) is 162 Å². The molecule has 4 heteroatoms. The maximum Gasteiger partial charge on any atom is 0.155 e. The monoisotopic (exact) mass is 537 g/mol. The average Bonchev–Trinajstić information content (AvgIpc) is 3.02. The number of aromatic nitrogens is 1. The van der Waals surface area contributed by atoms with Crippen LogP contribution in [0.1, 0.15) is 28.7 Å². The van der Waals surface area contributed by atoms with E-state index >= 15 is 0 Å². The first-order valence-electron chi connectivity index (χ1n) is 14.1. The van der Waals surface area contributed by atoms with E-state index in [0.717, 1.165) is 33.5 Å². The lowest BCUT2D eigenvalue weighted by Gasteiger charge is -2.31. The molecule has 0 unspecified atom stereocenters. The third-order valence-corrected chi connectivity index (χ3v) is 7.26. The van der Waals surface area contributed by atoms with Crippen molar-refractivity contribution in [2.75, 3.05) is 0 Å². The second-order valence-electron chi connectivity index (χ2n) is 10.4. The van der Waals surface area contributed by atoms with Crippen molar-refractivity contribution >= 4 is 11.5 Å². The minimum Gasteiger partial charge on any atom is -0.309 e. The molecule has 5 aromatic rings. The van der Waals surface area contributed by atoms with Crippen LogP contribution < -0.4 is 0 Å². The number of carbonyl (C=O) groups is 1. The first-order chi connectivity index (χ1) is 20.1. The quantitative estimate of drug-likeness (QED) is 0.158. The standard InChI is InChI=1S/C37H35N3O/c38-34(24-29-12-4-1-5-13-29)26-37(41)36(25-30-19-21-33(22-20-30)35-18-10-11-23-39-35)40(27-31-14-6-2-7-15-31)28-32-16-8-3-9-17-32/h1-23,36,38H,24-28H2/t36-/m0/s1. The molecule has 0 radical (unpaired) electrons. The van der Waals surface area contributed by atoms with Crippen molar-refractivity contribution in [3.8, 4) is 11.3 Å². The van der Waals surface area contributed by atoms with Crippen LogP contribution in [-0.4, -0.2) is 27.4 Å². The van der Waals surface area contributed by atoms with Gasteiger partial charge in [0.1, 0.15) is 0 Å². The fourth-order valence-corrected chi connectivity index (χ4v) is 5.16. The van der Waals surface area contributed by atoms with E-state index in [4.69, 9.17) is 5.41 Å². The minimum atomic E-state index is -0.382. The van der Waals surface area contributed by atoms with Gasteiger partial charge in [0.15, 0.2) is 5.78 Å². The number of hydrogen-bond acceptors (Lipinski definition) is 4. The molecular formula is C37H35N3O. The van der Waals surface area contributed by atoms with Crippen LogP contribution in [-0.2, 0) is 30.7 Å². The Bertz CT molecular complexity index is 1480. The minimum absolute atomic E-state index is 0.0756. The summed E-state index contributed by atoms with van der Waals surface area (Å²) in [5, 5.41) is 8.69. The van der Waals surface area contributed by atoms with Gasteiger partial charge in [0.25, 0.3) is 0 Å². The van der Waals surface area contributed by atoms with E-state index < -0.39 is 0 Å². The molecule has 0 bridgehead atoms. The summed E-state index contributed by atoms with van der Waals surface area (Å²) in [6.45, 7) is 1.29. The summed E-state index contributed by atoms with van der Waals surface area (Å²) in [6, 6.07) is 44.5. The van der Waals surface area contributed by atoms with E-state index in [2.05, 4.69) is 58.4 Å². The van der Waals surface area contributed by atoms with Gasteiger partial charge in [0.2, 0.25) is 0 Å². The molecule has 5 rings (SSSR count). The summed E-state index contributed by atoms with van der Waals surface area (Å²) in [5.74, 6) is 0.0756.